The van der Waals surface area contributed by atoms with Crippen LogP contribution in [0.25, 0.3) is 22.3 Å². The lowest BCUT2D eigenvalue weighted by Crippen LogP contribution is -2.48. The number of rotatable bonds is 6. The van der Waals surface area contributed by atoms with Gasteiger partial charge >= 0.3 is 0 Å². The second kappa shape index (κ2) is 9.23. The largest absolute Gasteiger partial charge is 0.342 e. The summed E-state index contributed by atoms with van der Waals surface area (Å²) in [4.78, 5) is 34.3. The van der Waals surface area contributed by atoms with Gasteiger partial charge in [0.2, 0.25) is 5.91 Å². The van der Waals surface area contributed by atoms with Crippen LogP contribution in [0.5, 0.6) is 0 Å². The van der Waals surface area contributed by atoms with Crippen LogP contribution in [0.4, 0.5) is 0 Å². The van der Waals surface area contributed by atoms with Gasteiger partial charge in [-0.15, -0.1) is 0 Å². The number of aromatic nitrogens is 4. The molecule has 0 radical (unpaired) electrons. The summed E-state index contributed by atoms with van der Waals surface area (Å²) in [6.45, 7) is 6.43. The van der Waals surface area contributed by atoms with Crippen molar-refractivity contribution in [2.24, 2.45) is 5.92 Å². The number of carbonyl (C=O) groups is 1. The highest BCUT2D eigenvalue weighted by molar-refractivity contribution is 5.81. The van der Waals surface area contributed by atoms with E-state index < -0.39 is 0 Å². The van der Waals surface area contributed by atoms with E-state index >= 15 is 0 Å². The van der Waals surface area contributed by atoms with E-state index in [0.29, 0.717) is 18.2 Å². The predicted octanol–water partition coefficient (Wildman–Crippen LogP) is 3.97. The van der Waals surface area contributed by atoms with Crippen LogP contribution >= 0.6 is 0 Å². The molecule has 0 bridgehead atoms. The highest BCUT2D eigenvalue weighted by Crippen LogP contribution is 2.31. The van der Waals surface area contributed by atoms with Crippen LogP contribution in [0.1, 0.15) is 35.6 Å². The van der Waals surface area contributed by atoms with Crippen LogP contribution < -0.4 is 0 Å². The standard InChI is InChI=1S/C28H30N6O/c1-19-3-2-4-24(30-19)22-7-8-25-26(16-22)32-27(31-25)17-23-15-20(9-10-29-23)18-33-11-13-34(14-12-33)28(35)21-5-6-21/h2-4,7-10,15-16,21H,5-6,11-14,17-18H2,1H3,(H,31,32). The summed E-state index contributed by atoms with van der Waals surface area (Å²) in [6, 6.07) is 16.6. The van der Waals surface area contributed by atoms with Crippen molar-refractivity contribution < 1.29 is 4.79 Å². The van der Waals surface area contributed by atoms with Gasteiger partial charge in [0.05, 0.1) is 16.7 Å². The molecule has 1 aliphatic carbocycles. The fourth-order valence-electron chi connectivity index (χ4n) is 4.88. The minimum Gasteiger partial charge on any atom is -0.342 e. The second-order valence-corrected chi connectivity index (χ2v) is 9.79. The number of benzene rings is 1. The number of imidazole rings is 1. The topological polar surface area (TPSA) is 78.0 Å². The van der Waals surface area contributed by atoms with E-state index in [4.69, 9.17) is 4.98 Å². The lowest BCUT2D eigenvalue weighted by atomic mass is 10.1. The lowest BCUT2D eigenvalue weighted by molar-refractivity contribution is -0.134. The van der Waals surface area contributed by atoms with E-state index in [0.717, 1.165) is 85.1 Å². The molecule has 1 amide bonds. The van der Waals surface area contributed by atoms with Crippen LogP contribution in [0, 0.1) is 12.8 Å². The Hall–Kier alpha value is -3.58. The first-order valence-electron chi connectivity index (χ1n) is 12.5. The SMILES string of the molecule is Cc1cccc(-c2ccc3nc(Cc4cc(CN5CCN(C(=O)C6CC6)CC5)ccn4)[nH]c3c2)n1. The predicted molar refractivity (Wildman–Crippen MR) is 136 cm³/mol. The molecule has 178 valence electrons. The van der Waals surface area contributed by atoms with Crippen LogP contribution in [-0.4, -0.2) is 61.8 Å². The summed E-state index contributed by atoms with van der Waals surface area (Å²) in [5, 5.41) is 0. The molecule has 4 aromatic rings. The molecule has 1 saturated heterocycles. The summed E-state index contributed by atoms with van der Waals surface area (Å²) in [6.07, 6.45) is 4.70. The fourth-order valence-corrected chi connectivity index (χ4v) is 4.88. The summed E-state index contributed by atoms with van der Waals surface area (Å²) >= 11 is 0. The molecule has 1 saturated carbocycles. The molecule has 0 atom stereocenters. The van der Waals surface area contributed by atoms with E-state index in [1.54, 1.807) is 0 Å². The Morgan fingerprint density at radius 2 is 1.89 bits per heavy atom. The normalized spacial score (nSPS) is 16.7. The summed E-state index contributed by atoms with van der Waals surface area (Å²) in [5.41, 5.74) is 7.27. The van der Waals surface area contributed by atoms with Crippen molar-refractivity contribution in [2.45, 2.75) is 32.7 Å². The van der Waals surface area contributed by atoms with Gasteiger partial charge in [-0.1, -0.05) is 12.1 Å². The van der Waals surface area contributed by atoms with Gasteiger partial charge < -0.3 is 9.88 Å². The van der Waals surface area contributed by atoms with Gasteiger partial charge in [0.1, 0.15) is 5.82 Å². The van der Waals surface area contributed by atoms with Crippen molar-refractivity contribution in [2.75, 3.05) is 26.2 Å². The van der Waals surface area contributed by atoms with E-state index in [9.17, 15) is 4.79 Å². The summed E-state index contributed by atoms with van der Waals surface area (Å²) in [5.74, 6) is 1.59. The zero-order chi connectivity index (χ0) is 23.8. The number of hydrogen-bond acceptors (Lipinski definition) is 5. The number of amides is 1. The zero-order valence-electron chi connectivity index (χ0n) is 20.1. The number of nitrogens with one attached hydrogen (secondary N) is 1. The Morgan fingerprint density at radius 3 is 2.69 bits per heavy atom. The molecule has 0 unspecified atom stereocenters. The van der Waals surface area contributed by atoms with Crippen molar-refractivity contribution in [3.05, 3.63) is 77.5 Å². The number of piperazine rings is 1. The molecule has 7 nitrogen and oxygen atoms in total. The average molecular weight is 467 g/mol. The first kappa shape index (κ1) is 21.9. The Bertz CT molecular complexity index is 1370. The maximum atomic E-state index is 12.3. The molecule has 4 heterocycles. The van der Waals surface area contributed by atoms with Crippen LogP contribution in [0.15, 0.2) is 54.7 Å². The minimum absolute atomic E-state index is 0.313. The van der Waals surface area contributed by atoms with E-state index in [1.165, 1.54) is 5.56 Å². The lowest BCUT2D eigenvalue weighted by Gasteiger charge is -2.35. The third-order valence-corrected chi connectivity index (χ3v) is 6.96. The van der Waals surface area contributed by atoms with Gasteiger partial charge in [-0.05, 0) is 61.7 Å². The molecule has 2 aliphatic rings. The van der Waals surface area contributed by atoms with Crippen LogP contribution in [0.2, 0.25) is 0 Å². The smallest absolute Gasteiger partial charge is 0.225 e. The molecule has 2 fully saturated rings. The third kappa shape index (κ3) is 4.95. The van der Waals surface area contributed by atoms with Crippen molar-refractivity contribution in [3.8, 4) is 11.3 Å². The van der Waals surface area contributed by atoms with Crippen LogP contribution in [0.3, 0.4) is 0 Å². The number of fused-ring (bicyclic) bond motifs is 1. The van der Waals surface area contributed by atoms with Crippen molar-refractivity contribution in [3.63, 3.8) is 0 Å². The molecule has 1 N–H and O–H groups in total. The second-order valence-electron chi connectivity index (χ2n) is 9.79. The van der Waals surface area contributed by atoms with Gasteiger partial charge in [-0.25, -0.2) is 4.98 Å². The molecule has 1 aliphatic heterocycles. The van der Waals surface area contributed by atoms with Gasteiger partial charge in [0.15, 0.2) is 0 Å². The maximum Gasteiger partial charge on any atom is 0.225 e. The molecule has 1 aromatic carbocycles. The highest BCUT2D eigenvalue weighted by Gasteiger charge is 2.34. The van der Waals surface area contributed by atoms with E-state index in [-0.39, 0.29) is 0 Å². The van der Waals surface area contributed by atoms with Gasteiger partial charge in [-0.3, -0.25) is 19.7 Å². The quantitative estimate of drug-likeness (QED) is 0.465. The highest BCUT2D eigenvalue weighted by atomic mass is 16.2. The molecular weight excluding hydrogens is 436 g/mol. The van der Waals surface area contributed by atoms with Crippen molar-refractivity contribution >= 4 is 16.9 Å². The number of aryl methyl sites for hydroxylation is 1. The number of carbonyl (C=O) groups excluding carboxylic acids is 1. The zero-order valence-corrected chi connectivity index (χ0v) is 20.1. The molecule has 6 rings (SSSR count). The van der Waals surface area contributed by atoms with Gasteiger partial charge in [-0.2, -0.15) is 0 Å². The number of hydrogen-bond donors (Lipinski definition) is 1. The molecular formula is C28H30N6O. The van der Waals surface area contributed by atoms with E-state index in [1.807, 2.05) is 42.3 Å². The van der Waals surface area contributed by atoms with Gasteiger partial charge in [0, 0.05) is 68.2 Å². The first-order chi connectivity index (χ1) is 17.1. The Kier molecular flexibility index (Phi) is 5.78. The Morgan fingerprint density at radius 1 is 1.03 bits per heavy atom. The number of aromatic amines is 1. The van der Waals surface area contributed by atoms with Crippen molar-refractivity contribution in [1.29, 1.82) is 0 Å². The molecule has 0 spiro atoms. The summed E-state index contributed by atoms with van der Waals surface area (Å²) in [7, 11) is 0. The molecule has 7 heteroatoms. The number of nitrogens with zero attached hydrogens (tertiary/aromatic N) is 5. The molecule has 35 heavy (non-hydrogen) atoms. The maximum absolute atomic E-state index is 12.3. The average Bonchev–Trinajstić information content (AvgIpc) is 3.64. The number of pyridine rings is 2. The molecule has 3 aromatic heterocycles. The van der Waals surface area contributed by atoms with Crippen molar-refractivity contribution in [1.82, 2.24) is 29.7 Å². The van der Waals surface area contributed by atoms with Gasteiger partial charge in [0.25, 0.3) is 0 Å². The number of H-pyrrole nitrogens is 1. The first-order valence-corrected chi connectivity index (χ1v) is 12.5. The van der Waals surface area contributed by atoms with Crippen LogP contribution in [-0.2, 0) is 17.8 Å². The van der Waals surface area contributed by atoms with E-state index in [2.05, 4.69) is 44.1 Å². The third-order valence-electron chi connectivity index (χ3n) is 6.96. The fraction of sp³-hybridized carbons (Fsp3) is 0.357. The Balaban J connectivity index is 1.11. The summed E-state index contributed by atoms with van der Waals surface area (Å²) < 4.78 is 0. The monoisotopic (exact) mass is 466 g/mol. The Labute approximate surface area is 205 Å². The minimum atomic E-state index is 0.313.